The quantitative estimate of drug-likeness (QED) is 0.858. The zero-order chi connectivity index (χ0) is 11.2. The number of thioether (sulfide) groups is 1. The van der Waals surface area contributed by atoms with E-state index in [-0.39, 0.29) is 12.1 Å². The maximum atomic E-state index is 5.84. The highest BCUT2D eigenvalue weighted by Crippen LogP contribution is 2.25. The fourth-order valence-electron chi connectivity index (χ4n) is 1.91. The first kappa shape index (κ1) is 12.0. The average Bonchev–Trinajstić information content (AvgIpc) is 2.85. The molecule has 90 valence electrons. The van der Waals surface area contributed by atoms with Gasteiger partial charge in [0.15, 0.2) is 0 Å². The number of nitrogens with one attached hydrogen (secondary N) is 1. The minimum Gasteiger partial charge on any atom is -0.472 e. The number of rotatable bonds is 5. The molecule has 0 aromatic carbocycles. The molecule has 1 aromatic heterocycles. The van der Waals surface area contributed by atoms with Gasteiger partial charge in [0.1, 0.15) is 0 Å². The van der Waals surface area contributed by atoms with Crippen molar-refractivity contribution in [1.82, 2.24) is 5.32 Å². The van der Waals surface area contributed by atoms with E-state index in [1.807, 2.05) is 24.1 Å². The molecule has 1 saturated heterocycles. The standard InChI is InChI=1S/C12H19NO2S/c1-2-4-13-12(10-3-5-14-8-10)11-9-16-7-6-15-11/h3,5,8,11-13H,2,4,6-7,9H2,1H3. The second-order valence-electron chi connectivity index (χ2n) is 3.97. The summed E-state index contributed by atoms with van der Waals surface area (Å²) in [6, 6.07) is 2.29. The van der Waals surface area contributed by atoms with Gasteiger partial charge < -0.3 is 14.5 Å². The molecule has 1 aromatic rings. The lowest BCUT2D eigenvalue weighted by Crippen LogP contribution is -2.38. The summed E-state index contributed by atoms with van der Waals surface area (Å²) in [7, 11) is 0. The van der Waals surface area contributed by atoms with E-state index in [1.165, 1.54) is 5.56 Å². The average molecular weight is 241 g/mol. The van der Waals surface area contributed by atoms with E-state index in [0.717, 1.165) is 31.1 Å². The van der Waals surface area contributed by atoms with Gasteiger partial charge in [-0.2, -0.15) is 11.8 Å². The van der Waals surface area contributed by atoms with Gasteiger partial charge in [0.05, 0.1) is 31.3 Å². The molecule has 0 radical (unpaired) electrons. The zero-order valence-electron chi connectivity index (χ0n) is 9.65. The topological polar surface area (TPSA) is 34.4 Å². The molecule has 0 saturated carbocycles. The highest BCUT2D eigenvalue weighted by Gasteiger charge is 2.26. The largest absolute Gasteiger partial charge is 0.472 e. The molecule has 4 heteroatoms. The fourth-order valence-corrected chi connectivity index (χ4v) is 2.82. The van der Waals surface area contributed by atoms with E-state index in [4.69, 9.17) is 9.15 Å². The summed E-state index contributed by atoms with van der Waals surface area (Å²) in [5.41, 5.74) is 1.20. The Kier molecular flexibility index (Phi) is 4.75. The molecule has 2 unspecified atom stereocenters. The third-order valence-electron chi connectivity index (χ3n) is 2.73. The first-order valence-corrected chi connectivity index (χ1v) is 7.02. The van der Waals surface area contributed by atoms with Gasteiger partial charge in [0.25, 0.3) is 0 Å². The van der Waals surface area contributed by atoms with Crippen LogP contribution in [0.2, 0.25) is 0 Å². The van der Waals surface area contributed by atoms with E-state index in [2.05, 4.69) is 12.2 Å². The summed E-state index contributed by atoms with van der Waals surface area (Å²) in [6.45, 7) is 4.05. The predicted molar refractivity (Wildman–Crippen MR) is 66.8 cm³/mol. The highest BCUT2D eigenvalue weighted by atomic mass is 32.2. The molecular formula is C12H19NO2S. The fraction of sp³-hybridized carbons (Fsp3) is 0.667. The number of hydrogen-bond donors (Lipinski definition) is 1. The lowest BCUT2D eigenvalue weighted by atomic mass is 10.1. The summed E-state index contributed by atoms with van der Waals surface area (Å²) in [5.74, 6) is 2.18. The number of hydrogen-bond acceptors (Lipinski definition) is 4. The third-order valence-corrected chi connectivity index (χ3v) is 3.75. The number of ether oxygens (including phenoxy) is 1. The van der Waals surface area contributed by atoms with Gasteiger partial charge in [0.2, 0.25) is 0 Å². The Balaban J connectivity index is 2.01. The number of furan rings is 1. The van der Waals surface area contributed by atoms with E-state index in [1.54, 1.807) is 6.26 Å². The predicted octanol–water partition coefficient (Wildman–Crippen LogP) is 2.45. The van der Waals surface area contributed by atoms with Crippen LogP contribution in [0.3, 0.4) is 0 Å². The van der Waals surface area contributed by atoms with Crippen molar-refractivity contribution < 1.29 is 9.15 Å². The van der Waals surface area contributed by atoms with Gasteiger partial charge in [-0.15, -0.1) is 0 Å². The first-order valence-electron chi connectivity index (χ1n) is 5.86. The lowest BCUT2D eigenvalue weighted by molar-refractivity contribution is 0.0466. The van der Waals surface area contributed by atoms with Crippen molar-refractivity contribution in [1.29, 1.82) is 0 Å². The highest BCUT2D eigenvalue weighted by molar-refractivity contribution is 7.99. The Bertz CT molecular complexity index is 283. The normalized spacial score (nSPS) is 23.2. The van der Waals surface area contributed by atoms with Crippen LogP contribution in [-0.2, 0) is 4.74 Å². The Labute approximate surface area is 101 Å². The van der Waals surface area contributed by atoms with Crippen molar-refractivity contribution in [3.63, 3.8) is 0 Å². The molecule has 2 rings (SSSR count). The van der Waals surface area contributed by atoms with E-state index in [0.29, 0.717) is 0 Å². The molecular weight excluding hydrogens is 222 g/mol. The summed E-state index contributed by atoms with van der Waals surface area (Å²) >= 11 is 1.97. The van der Waals surface area contributed by atoms with Crippen LogP contribution in [0.15, 0.2) is 23.0 Å². The molecule has 0 spiro atoms. The van der Waals surface area contributed by atoms with Crippen LogP contribution >= 0.6 is 11.8 Å². The maximum Gasteiger partial charge on any atom is 0.0951 e. The molecule has 1 fully saturated rings. The summed E-state index contributed by atoms with van der Waals surface area (Å²) in [6.07, 6.45) is 4.94. The second-order valence-corrected chi connectivity index (χ2v) is 5.12. The van der Waals surface area contributed by atoms with Gasteiger partial charge in [-0.1, -0.05) is 6.92 Å². The van der Waals surface area contributed by atoms with Crippen molar-refractivity contribution in [3.8, 4) is 0 Å². The first-order chi connectivity index (χ1) is 7.92. The van der Waals surface area contributed by atoms with E-state index >= 15 is 0 Å². The van der Waals surface area contributed by atoms with Crippen molar-refractivity contribution in [2.24, 2.45) is 0 Å². The third kappa shape index (κ3) is 3.03. The van der Waals surface area contributed by atoms with Crippen molar-refractivity contribution in [2.75, 3.05) is 24.7 Å². The van der Waals surface area contributed by atoms with Crippen molar-refractivity contribution >= 4 is 11.8 Å². The van der Waals surface area contributed by atoms with Gasteiger partial charge in [0, 0.05) is 17.1 Å². The van der Waals surface area contributed by atoms with Gasteiger partial charge in [-0.25, -0.2) is 0 Å². The SMILES string of the molecule is CCCNC(c1ccoc1)C1CSCCO1. The second kappa shape index (κ2) is 6.33. The van der Waals surface area contributed by atoms with Crippen LogP contribution in [0.25, 0.3) is 0 Å². The van der Waals surface area contributed by atoms with Crippen LogP contribution in [0.5, 0.6) is 0 Å². The molecule has 0 amide bonds. The van der Waals surface area contributed by atoms with Gasteiger partial charge >= 0.3 is 0 Å². The smallest absolute Gasteiger partial charge is 0.0951 e. The molecule has 1 aliphatic rings. The Hall–Kier alpha value is -0.450. The van der Waals surface area contributed by atoms with Crippen LogP contribution in [0.4, 0.5) is 0 Å². The molecule has 0 bridgehead atoms. The Morgan fingerprint density at radius 1 is 1.62 bits per heavy atom. The molecule has 2 atom stereocenters. The maximum absolute atomic E-state index is 5.84. The zero-order valence-corrected chi connectivity index (χ0v) is 10.5. The molecule has 1 N–H and O–H groups in total. The molecule has 0 aliphatic carbocycles. The summed E-state index contributed by atoms with van der Waals surface area (Å²) in [4.78, 5) is 0. The molecule has 1 aliphatic heterocycles. The minimum absolute atomic E-state index is 0.267. The monoisotopic (exact) mass is 241 g/mol. The van der Waals surface area contributed by atoms with Crippen LogP contribution in [0, 0.1) is 0 Å². The van der Waals surface area contributed by atoms with Gasteiger partial charge in [-0.3, -0.25) is 0 Å². The molecule has 2 heterocycles. The lowest BCUT2D eigenvalue weighted by Gasteiger charge is -2.30. The van der Waals surface area contributed by atoms with Crippen LogP contribution < -0.4 is 5.32 Å². The van der Waals surface area contributed by atoms with Gasteiger partial charge in [-0.05, 0) is 19.0 Å². The van der Waals surface area contributed by atoms with Crippen molar-refractivity contribution in [2.45, 2.75) is 25.5 Å². The summed E-state index contributed by atoms with van der Waals surface area (Å²) in [5, 5.41) is 3.54. The summed E-state index contributed by atoms with van der Waals surface area (Å²) < 4.78 is 11.0. The van der Waals surface area contributed by atoms with Crippen molar-refractivity contribution in [3.05, 3.63) is 24.2 Å². The Morgan fingerprint density at radius 2 is 2.56 bits per heavy atom. The molecule has 16 heavy (non-hydrogen) atoms. The Morgan fingerprint density at radius 3 is 3.19 bits per heavy atom. The van der Waals surface area contributed by atoms with Crippen LogP contribution in [0.1, 0.15) is 24.9 Å². The van der Waals surface area contributed by atoms with E-state index < -0.39 is 0 Å². The van der Waals surface area contributed by atoms with E-state index in [9.17, 15) is 0 Å². The molecule has 3 nitrogen and oxygen atoms in total. The minimum atomic E-state index is 0.267. The van der Waals surface area contributed by atoms with Crippen LogP contribution in [-0.4, -0.2) is 30.8 Å².